The monoisotopic (exact) mass is 327 g/mol. The van der Waals surface area contributed by atoms with E-state index in [9.17, 15) is 0 Å². The SMILES string of the molecule is CCn1cc(CCCN2CCNCC2)c2cc(C(C)(C)C)ccc21. The number of hydrogen-bond donors (Lipinski definition) is 1. The topological polar surface area (TPSA) is 20.2 Å². The molecule has 1 fully saturated rings. The number of hydrogen-bond acceptors (Lipinski definition) is 2. The number of nitrogens with one attached hydrogen (secondary N) is 1. The summed E-state index contributed by atoms with van der Waals surface area (Å²) in [6.45, 7) is 16.1. The third-order valence-electron chi connectivity index (χ3n) is 5.30. The summed E-state index contributed by atoms with van der Waals surface area (Å²) in [4.78, 5) is 2.59. The lowest BCUT2D eigenvalue weighted by Gasteiger charge is -2.27. The second-order valence-electron chi connectivity index (χ2n) is 8.12. The van der Waals surface area contributed by atoms with Crippen LogP contribution in [0.3, 0.4) is 0 Å². The molecule has 3 nitrogen and oxygen atoms in total. The first kappa shape index (κ1) is 17.5. The molecule has 0 saturated carbocycles. The molecule has 1 N–H and O–H groups in total. The van der Waals surface area contributed by atoms with Gasteiger partial charge in [-0.2, -0.15) is 0 Å². The molecule has 0 radical (unpaired) electrons. The molecule has 0 amide bonds. The van der Waals surface area contributed by atoms with E-state index in [1.54, 1.807) is 0 Å². The Bertz CT molecular complexity index is 672. The normalized spacial score (nSPS) is 16.8. The average molecular weight is 328 g/mol. The summed E-state index contributed by atoms with van der Waals surface area (Å²) in [6, 6.07) is 7.06. The highest BCUT2D eigenvalue weighted by molar-refractivity contribution is 5.85. The first-order valence-corrected chi connectivity index (χ1v) is 9.54. The Morgan fingerprint density at radius 3 is 2.54 bits per heavy atom. The molecule has 0 spiro atoms. The van der Waals surface area contributed by atoms with Gasteiger partial charge in [0.1, 0.15) is 0 Å². The summed E-state index contributed by atoms with van der Waals surface area (Å²) in [5.74, 6) is 0. The molecule has 0 atom stereocenters. The summed E-state index contributed by atoms with van der Waals surface area (Å²) in [7, 11) is 0. The highest BCUT2D eigenvalue weighted by Gasteiger charge is 2.16. The van der Waals surface area contributed by atoms with Crippen molar-refractivity contribution in [2.45, 2.75) is 52.5 Å². The number of benzene rings is 1. The number of fused-ring (bicyclic) bond motifs is 1. The van der Waals surface area contributed by atoms with E-state index in [1.807, 2.05) is 0 Å². The summed E-state index contributed by atoms with van der Waals surface area (Å²) in [6.07, 6.45) is 4.82. The minimum atomic E-state index is 0.209. The van der Waals surface area contributed by atoms with Gasteiger partial charge in [-0.3, -0.25) is 0 Å². The van der Waals surface area contributed by atoms with Crippen LogP contribution in [0.2, 0.25) is 0 Å². The zero-order valence-electron chi connectivity index (χ0n) is 15.9. The largest absolute Gasteiger partial charge is 0.347 e. The molecule has 24 heavy (non-hydrogen) atoms. The number of nitrogens with zero attached hydrogens (tertiary/aromatic N) is 2. The Morgan fingerprint density at radius 2 is 1.88 bits per heavy atom. The Balaban J connectivity index is 1.78. The van der Waals surface area contributed by atoms with Gasteiger partial charge in [0.25, 0.3) is 0 Å². The smallest absolute Gasteiger partial charge is 0.0483 e. The molecule has 0 aliphatic carbocycles. The van der Waals surface area contributed by atoms with Gasteiger partial charge < -0.3 is 14.8 Å². The van der Waals surface area contributed by atoms with Crippen molar-refractivity contribution in [2.75, 3.05) is 32.7 Å². The highest BCUT2D eigenvalue weighted by atomic mass is 15.2. The van der Waals surface area contributed by atoms with Crippen molar-refractivity contribution in [1.29, 1.82) is 0 Å². The zero-order valence-corrected chi connectivity index (χ0v) is 15.9. The van der Waals surface area contributed by atoms with E-state index in [0.29, 0.717) is 0 Å². The number of piperazine rings is 1. The third kappa shape index (κ3) is 3.84. The predicted octanol–water partition coefficient (Wildman–Crippen LogP) is 3.80. The molecule has 132 valence electrons. The van der Waals surface area contributed by atoms with Crippen molar-refractivity contribution >= 4 is 10.9 Å². The maximum atomic E-state index is 3.43. The van der Waals surface area contributed by atoms with Crippen molar-refractivity contribution in [2.24, 2.45) is 0 Å². The van der Waals surface area contributed by atoms with Crippen LogP contribution in [0.25, 0.3) is 10.9 Å². The molecule has 0 bridgehead atoms. The third-order valence-corrected chi connectivity index (χ3v) is 5.30. The van der Waals surface area contributed by atoms with E-state index in [4.69, 9.17) is 0 Å². The lowest BCUT2D eigenvalue weighted by molar-refractivity contribution is 0.238. The molecule has 1 aliphatic heterocycles. The van der Waals surface area contributed by atoms with Gasteiger partial charge in [0, 0.05) is 49.8 Å². The van der Waals surface area contributed by atoms with Crippen molar-refractivity contribution < 1.29 is 0 Å². The fraction of sp³-hybridized carbons (Fsp3) is 0.619. The van der Waals surface area contributed by atoms with Gasteiger partial charge in [-0.25, -0.2) is 0 Å². The molecular weight excluding hydrogens is 294 g/mol. The van der Waals surface area contributed by atoms with Crippen molar-refractivity contribution in [3.63, 3.8) is 0 Å². The van der Waals surface area contributed by atoms with Gasteiger partial charge in [-0.15, -0.1) is 0 Å². The summed E-state index contributed by atoms with van der Waals surface area (Å²) < 4.78 is 2.40. The minimum Gasteiger partial charge on any atom is -0.347 e. The van der Waals surface area contributed by atoms with E-state index in [0.717, 1.165) is 19.6 Å². The van der Waals surface area contributed by atoms with E-state index in [-0.39, 0.29) is 5.41 Å². The van der Waals surface area contributed by atoms with Crippen LogP contribution in [-0.4, -0.2) is 42.2 Å². The molecule has 1 saturated heterocycles. The zero-order chi connectivity index (χ0) is 17.2. The van der Waals surface area contributed by atoms with Gasteiger partial charge in [0.15, 0.2) is 0 Å². The predicted molar refractivity (Wildman–Crippen MR) is 104 cm³/mol. The fourth-order valence-corrected chi connectivity index (χ4v) is 3.73. The van der Waals surface area contributed by atoms with Crippen LogP contribution in [0.15, 0.2) is 24.4 Å². The molecule has 2 heterocycles. The highest BCUT2D eigenvalue weighted by Crippen LogP contribution is 2.29. The summed E-state index contributed by atoms with van der Waals surface area (Å²) in [5.41, 5.74) is 4.56. The molecule has 1 aromatic carbocycles. The van der Waals surface area contributed by atoms with E-state index >= 15 is 0 Å². The molecular formula is C21H33N3. The van der Waals surface area contributed by atoms with Crippen LogP contribution in [-0.2, 0) is 18.4 Å². The first-order chi connectivity index (χ1) is 11.5. The van der Waals surface area contributed by atoms with Crippen LogP contribution >= 0.6 is 0 Å². The van der Waals surface area contributed by atoms with Crippen LogP contribution in [0.5, 0.6) is 0 Å². The second-order valence-corrected chi connectivity index (χ2v) is 8.12. The van der Waals surface area contributed by atoms with Gasteiger partial charge >= 0.3 is 0 Å². The quantitative estimate of drug-likeness (QED) is 0.901. The minimum absolute atomic E-state index is 0.209. The van der Waals surface area contributed by atoms with Crippen LogP contribution in [0.4, 0.5) is 0 Å². The average Bonchev–Trinajstić information content (AvgIpc) is 2.92. The fourth-order valence-electron chi connectivity index (χ4n) is 3.73. The number of rotatable bonds is 5. The number of aromatic nitrogens is 1. The number of aryl methyl sites for hydroxylation is 2. The van der Waals surface area contributed by atoms with Gasteiger partial charge in [-0.1, -0.05) is 26.8 Å². The second kappa shape index (κ2) is 7.28. The van der Waals surface area contributed by atoms with E-state index < -0.39 is 0 Å². The molecule has 0 unspecified atom stereocenters. The van der Waals surface area contributed by atoms with E-state index in [1.165, 1.54) is 54.5 Å². The van der Waals surface area contributed by atoms with Crippen molar-refractivity contribution in [1.82, 2.24) is 14.8 Å². The molecule has 1 aromatic heterocycles. The lowest BCUT2D eigenvalue weighted by atomic mass is 9.86. The van der Waals surface area contributed by atoms with Crippen LogP contribution in [0, 0.1) is 0 Å². The molecule has 3 rings (SSSR count). The maximum Gasteiger partial charge on any atom is 0.0483 e. The Hall–Kier alpha value is -1.32. The van der Waals surface area contributed by atoms with Crippen LogP contribution in [0.1, 0.15) is 45.2 Å². The standard InChI is InChI=1S/C21H33N3/c1-5-24-16-17(7-6-12-23-13-10-22-11-14-23)19-15-18(21(2,3)4)8-9-20(19)24/h8-9,15-16,22H,5-7,10-14H2,1-4H3. The molecule has 3 heteroatoms. The molecule has 2 aromatic rings. The summed E-state index contributed by atoms with van der Waals surface area (Å²) >= 11 is 0. The van der Waals surface area contributed by atoms with Gasteiger partial charge in [0.05, 0.1) is 0 Å². The van der Waals surface area contributed by atoms with Gasteiger partial charge in [-0.05, 0) is 55.0 Å². The Kier molecular flexibility index (Phi) is 5.31. The Morgan fingerprint density at radius 1 is 1.12 bits per heavy atom. The van der Waals surface area contributed by atoms with Crippen molar-refractivity contribution in [3.8, 4) is 0 Å². The summed E-state index contributed by atoms with van der Waals surface area (Å²) in [5, 5.41) is 4.90. The van der Waals surface area contributed by atoms with E-state index in [2.05, 4.69) is 66.9 Å². The Labute approximate surface area is 147 Å². The van der Waals surface area contributed by atoms with Crippen molar-refractivity contribution in [3.05, 3.63) is 35.5 Å². The lowest BCUT2D eigenvalue weighted by Crippen LogP contribution is -2.43. The first-order valence-electron chi connectivity index (χ1n) is 9.54. The molecule has 1 aliphatic rings. The van der Waals surface area contributed by atoms with Crippen LogP contribution < -0.4 is 5.32 Å². The van der Waals surface area contributed by atoms with Gasteiger partial charge in [0.2, 0.25) is 0 Å². The maximum absolute atomic E-state index is 3.43.